The van der Waals surface area contributed by atoms with E-state index in [1.165, 1.54) is 0 Å². The minimum absolute atomic E-state index is 0.433. The molecule has 0 aliphatic rings. The van der Waals surface area contributed by atoms with Gasteiger partial charge in [0.25, 0.3) is 0 Å². The van der Waals surface area contributed by atoms with Gasteiger partial charge in [0.2, 0.25) is 5.90 Å². The lowest BCUT2D eigenvalue weighted by Gasteiger charge is -1.95. The van der Waals surface area contributed by atoms with Crippen molar-refractivity contribution in [2.45, 2.75) is 13.8 Å². The molecular weight excluding hydrogens is 130 g/mol. The fraction of sp³-hybridized carbons (Fsp3) is 0.750. The first-order chi connectivity index (χ1) is 3.81. The Morgan fingerprint density at radius 3 is 2.75 bits per heavy atom. The van der Waals surface area contributed by atoms with Crippen molar-refractivity contribution in [2.24, 2.45) is 5.16 Å². The fourth-order valence-corrected chi connectivity index (χ4v) is 0.381. The molecule has 0 aromatic carbocycles. The normalized spacial score (nSPS) is 11.1. The van der Waals surface area contributed by atoms with E-state index in [1.54, 1.807) is 6.92 Å². The van der Waals surface area contributed by atoms with Gasteiger partial charge in [0, 0.05) is 6.92 Å². The highest BCUT2D eigenvalue weighted by atomic mass is 35.5. The second kappa shape index (κ2) is 4.71. The van der Waals surface area contributed by atoms with Gasteiger partial charge >= 0.3 is 0 Å². The van der Waals surface area contributed by atoms with Gasteiger partial charge in [-0.05, 0) is 12.1 Å². The van der Waals surface area contributed by atoms with Gasteiger partial charge in [-0.25, -0.2) is 0 Å². The predicted molar refractivity (Wildman–Crippen MR) is 31.7 cm³/mol. The van der Waals surface area contributed by atoms with Crippen LogP contribution in [0.3, 0.4) is 0 Å². The van der Waals surface area contributed by atoms with E-state index >= 15 is 0 Å². The lowest BCUT2D eigenvalue weighted by Crippen LogP contribution is -1.97. The highest BCUT2D eigenvalue weighted by Crippen LogP contribution is 1.85. The zero-order valence-electron chi connectivity index (χ0n) is 4.85. The first-order valence-corrected chi connectivity index (χ1v) is 2.57. The number of hydrogen-bond donors (Lipinski definition) is 0. The lowest BCUT2D eigenvalue weighted by molar-refractivity contribution is 0.287. The SMILES string of the molecule is CCOC(C)=NOCl. The summed E-state index contributed by atoms with van der Waals surface area (Å²) >= 11 is 4.76. The molecule has 0 atom stereocenters. The molecule has 8 heavy (non-hydrogen) atoms. The standard InChI is InChI=1S/C4H8ClNO2/c1-3-7-4(2)6-8-5/h3H2,1-2H3. The van der Waals surface area contributed by atoms with Crippen molar-refractivity contribution in [3.63, 3.8) is 0 Å². The van der Waals surface area contributed by atoms with Crippen LogP contribution in [0.1, 0.15) is 13.8 Å². The maximum Gasteiger partial charge on any atom is 0.224 e. The largest absolute Gasteiger partial charge is 0.479 e. The summed E-state index contributed by atoms with van der Waals surface area (Å²) in [6, 6.07) is 0. The molecular formula is C4H8ClNO2. The van der Waals surface area contributed by atoms with E-state index in [0.717, 1.165) is 0 Å². The molecule has 0 amide bonds. The third-order valence-electron chi connectivity index (χ3n) is 0.516. The number of rotatable bonds is 2. The average molecular weight is 138 g/mol. The van der Waals surface area contributed by atoms with Crippen molar-refractivity contribution in [1.29, 1.82) is 0 Å². The van der Waals surface area contributed by atoms with E-state index in [4.69, 9.17) is 16.6 Å². The average Bonchev–Trinajstić information content (AvgIpc) is 1.68. The van der Waals surface area contributed by atoms with Crippen molar-refractivity contribution in [3.8, 4) is 0 Å². The van der Waals surface area contributed by atoms with Crippen molar-refractivity contribution < 1.29 is 9.13 Å². The Kier molecular flexibility index (Phi) is 4.45. The van der Waals surface area contributed by atoms with Crippen LogP contribution in [0.4, 0.5) is 0 Å². The maximum atomic E-state index is 4.82. The van der Waals surface area contributed by atoms with Crippen LogP contribution < -0.4 is 0 Å². The van der Waals surface area contributed by atoms with Crippen LogP contribution in [0.2, 0.25) is 0 Å². The van der Waals surface area contributed by atoms with Crippen molar-refractivity contribution in [1.82, 2.24) is 0 Å². The zero-order valence-corrected chi connectivity index (χ0v) is 5.60. The van der Waals surface area contributed by atoms with Gasteiger partial charge in [0.1, 0.15) is 0 Å². The predicted octanol–water partition coefficient (Wildman–Crippen LogP) is 1.53. The maximum absolute atomic E-state index is 4.82. The van der Waals surface area contributed by atoms with Crippen LogP contribution in [0.15, 0.2) is 5.16 Å². The Bertz CT molecular complexity index is 84.1. The van der Waals surface area contributed by atoms with E-state index in [2.05, 4.69) is 9.55 Å². The van der Waals surface area contributed by atoms with Gasteiger partial charge in [0.15, 0.2) is 11.9 Å². The Hall–Kier alpha value is -0.440. The molecule has 0 spiro atoms. The second-order valence-corrected chi connectivity index (χ2v) is 1.25. The molecule has 3 nitrogen and oxygen atoms in total. The summed E-state index contributed by atoms with van der Waals surface area (Å²) in [6.45, 7) is 4.09. The van der Waals surface area contributed by atoms with E-state index in [-0.39, 0.29) is 0 Å². The van der Waals surface area contributed by atoms with Crippen molar-refractivity contribution in [3.05, 3.63) is 0 Å². The molecule has 0 radical (unpaired) electrons. The molecule has 4 heteroatoms. The number of hydrogen-bond acceptors (Lipinski definition) is 3. The van der Waals surface area contributed by atoms with Crippen LogP contribution in [0, 0.1) is 0 Å². The minimum Gasteiger partial charge on any atom is -0.479 e. The van der Waals surface area contributed by atoms with Gasteiger partial charge in [-0.2, -0.15) is 0 Å². The summed E-state index contributed by atoms with van der Waals surface area (Å²) in [6.07, 6.45) is 0. The smallest absolute Gasteiger partial charge is 0.224 e. The topological polar surface area (TPSA) is 30.8 Å². The van der Waals surface area contributed by atoms with Crippen LogP contribution in [-0.2, 0) is 9.13 Å². The molecule has 0 saturated carbocycles. The zero-order chi connectivity index (χ0) is 6.41. The molecule has 0 N–H and O–H groups in total. The molecule has 0 aliphatic carbocycles. The third kappa shape index (κ3) is 3.74. The summed E-state index contributed by atoms with van der Waals surface area (Å²) in [5, 5.41) is 3.27. The van der Waals surface area contributed by atoms with Gasteiger partial charge in [0.05, 0.1) is 6.61 Å². The molecule has 0 saturated heterocycles. The van der Waals surface area contributed by atoms with E-state index in [0.29, 0.717) is 12.5 Å². The number of ether oxygens (including phenoxy) is 1. The van der Waals surface area contributed by atoms with E-state index in [1.807, 2.05) is 6.92 Å². The van der Waals surface area contributed by atoms with Gasteiger partial charge in [-0.15, -0.1) is 0 Å². The van der Waals surface area contributed by atoms with E-state index < -0.39 is 0 Å². The summed E-state index contributed by atoms with van der Waals surface area (Å²) in [5.41, 5.74) is 0. The minimum atomic E-state index is 0.433. The Balaban J connectivity index is 3.29. The Labute approximate surface area is 53.4 Å². The van der Waals surface area contributed by atoms with Gasteiger partial charge in [-0.1, -0.05) is 0 Å². The first-order valence-electron chi connectivity index (χ1n) is 2.26. The highest BCUT2D eigenvalue weighted by molar-refractivity contribution is 6.07. The number of halogens is 1. The lowest BCUT2D eigenvalue weighted by atomic mass is 10.7. The number of oxime groups is 1. The Morgan fingerprint density at radius 1 is 1.75 bits per heavy atom. The molecule has 0 aliphatic heterocycles. The third-order valence-corrected chi connectivity index (χ3v) is 0.585. The fourth-order valence-electron chi connectivity index (χ4n) is 0.284. The van der Waals surface area contributed by atoms with Crippen LogP contribution in [0.5, 0.6) is 0 Å². The summed E-state index contributed by atoms with van der Waals surface area (Å²) in [5.74, 6) is 0.433. The molecule has 0 rings (SSSR count). The summed E-state index contributed by atoms with van der Waals surface area (Å²) in [4.78, 5) is 0. The summed E-state index contributed by atoms with van der Waals surface area (Å²) in [7, 11) is 0. The molecule has 0 bridgehead atoms. The van der Waals surface area contributed by atoms with Gasteiger partial charge in [-0.3, -0.25) is 4.39 Å². The monoisotopic (exact) mass is 137 g/mol. The van der Waals surface area contributed by atoms with Crippen LogP contribution in [0.25, 0.3) is 0 Å². The van der Waals surface area contributed by atoms with Gasteiger partial charge < -0.3 is 4.74 Å². The van der Waals surface area contributed by atoms with E-state index in [9.17, 15) is 0 Å². The quantitative estimate of drug-likeness (QED) is 0.328. The summed E-state index contributed by atoms with van der Waals surface area (Å²) < 4.78 is 8.71. The number of nitrogens with zero attached hydrogens (tertiary/aromatic N) is 1. The van der Waals surface area contributed by atoms with Crippen molar-refractivity contribution >= 4 is 17.8 Å². The molecule has 0 fully saturated rings. The van der Waals surface area contributed by atoms with Crippen molar-refractivity contribution in [2.75, 3.05) is 6.61 Å². The molecule has 0 heterocycles. The highest BCUT2D eigenvalue weighted by Gasteiger charge is 1.85. The molecule has 0 aromatic rings. The second-order valence-electron chi connectivity index (χ2n) is 1.11. The molecule has 0 aromatic heterocycles. The first kappa shape index (κ1) is 7.56. The Morgan fingerprint density at radius 2 is 2.38 bits per heavy atom. The molecule has 48 valence electrons. The molecule has 0 unspecified atom stereocenters. The van der Waals surface area contributed by atoms with Crippen LogP contribution in [-0.4, -0.2) is 12.5 Å². The van der Waals surface area contributed by atoms with Crippen LogP contribution >= 0.6 is 11.9 Å².